The van der Waals surface area contributed by atoms with Gasteiger partial charge in [0.05, 0.1) is 6.42 Å². The van der Waals surface area contributed by atoms with Crippen LogP contribution in [0.4, 0.5) is 4.39 Å². The van der Waals surface area contributed by atoms with Gasteiger partial charge in [0.15, 0.2) is 6.29 Å². The van der Waals surface area contributed by atoms with Gasteiger partial charge in [-0.1, -0.05) is 17.3 Å². The highest BCUT2D eigenvalue weighted by Crippen LogP contribution is 2.08. The molecule has 1 aromatic carbocycles. The van der Waals surface area contributed by atoms with E-state index < -0.39 is 0 Å². The molecule has 1 heterocycles. The molecule has 0 amide bonds. The number of hydrogen-bond acceptors (Lipinski definition) is 4. The van der Waals surface area contributed by atoms with Gasteiger partial charge in [-0.3, -0.25) is 4.79 Å². The van der Waals surface area contributed by atoms with E-state index in [-0.39, 0.29) is 11.6 Å². The third-order valence-electron chi connectivity index (χ3n) is 1.83. The zero-order valence-corrected chi connectivity index (χ0v) is 7.68. The van der Waals surface area contributed by atoms with Crippen molar-refractivity contribution >= 4 is 6.29 Å². The van der Waals surface area contributed by atoms with E-state index in [1.165, 1.54) is 12.1 Å². The molecule has 4 nitrogen and oxygen atoms in total. The normalized spacial score (nSPS) is 10.2. The predicted molar refractivity (Wildman–Crippen MR) is 48.9 cm³/mol. The summed E-state index contributed by atoms with van der Waals surface area (Å²) >= 11 is 0. The van der Waals surface area contributed by atoms with Crippen LogP contribution in [0.5, 0.6) is 0 Å². The first-order valence-corrected chi connectivity index (χ1v) is 4.30. The molecule has 0 radical (unpaired) electrons. The maximum atomic E-state index is 12.8. The first kappa shape index (κ1) is 9.51. The number of aldehydes is 1. The standard InChI is InChI=1S/C10H7FN2O2/c11-8-3-1-2-7(4-8)5-10-12-9(6-14)13-15-10/h1-4,6H,5H2. The van der Waals surface area contributed by atoms with Crippen molar-refractivity contribution in [2.45, 2.75) is 6.42 Å². The summed E-state index contributed by atoms with van der Waals surface area (Å²) in [6, 6.07) is 6.08. The molecule has 0 saturated heterocycles. The fraction of sp³-hybridized carbons (Fsp3) is 0.100. The van der Waals surface area contributed by atoms with Crippen molar-refractivity contribution in [2.75, 3.05) is 0 Å². The Hall–Kier alpha value is -2.04. The molecule has 2 aromatic rings. The summed E-state index contributed by atoms with van der Waals surface area (Å²) in [4.78, 5) is 14.1. The Kier molecular flexibility index (Phi) is 2.53. The van der Waals surface area contributed by atoms with Gasteiger partial charge in [-0.15, -0.1) is 0 Å². The summed E-state index contributed by atoms with van der Waals surface area (Å²) in [5.41, 5.74) is 0.719. The molecule has 0 aliphatic rings. The maximum absolute atomic E-state index is 12.8. The van der Waals surface area contributed by atoms with Gasteiger partial charge in [0.1, 0.15) is 5.82 Å². The van der Waals surface area contributed by atoms with Crippen LogP contribution in [0.2, 0.25) is 0 Å². The van der Waals surface area contributed by atoms with Crippen LogP contribution < -0.4 is 0 Å². The second-order valence-electron chi connectivity index (χ2n) is 2.97. The number of hydrogen-bond donors (Lipinski definition) is 0. The van der Waals surface area contributed by atoms with Crippen LogP contribution in [0.3, 0.4) is 0 Å². The largest absolute Gasteiger partial charge is 0.339 e. The van der Waals surface area contributed by atoms with Gasteiger partial charge < -0.3 is 4.52 Å². The second kappa shape index (κ2) is 4.00. The second-order valence-corrected chi connectivity index (χ2v) is 2.97. The predicted octanol–water partition coefficient (Wildman–Crippen LogP) is 1.61. The summed E-state index contributed by atoms with van der Waals surface area (Å²) in [6.45, 7) is 0. The Balaban J connectivity index is 2.18. The van der Waals surface area contributed by atoms with Crippen molar-refractivity contribution in [3.63, 3.8) is 0 Å². The number of aromatic nitrogens is 2. The molecule has 0 aliphatic carbocycles. The molecule has 0 spiro atoms. The smallest absolute Gasteiger partial charge is 0.235 e. The van der Waals surface area contributed by atoms with E-state index in [4.69, 9.17) is 4.52 Å². The Labute approximate surface area is 84.7 Å². The lowest BCUT2D eigenvalue weighted by atomic mass is 10.1. The molecule has 0 atom stereocenters. The maximum Gasteiger partial charge on any atom is 0.235 e. The van der Waals surface area contributed by atoms with Crippen molar-refractivity contribution in [3.05, 3.63) is 47.4 Å². The molecule has 2 rings (SSSR count). The molecule has 0 aliphatic heterocycles. The van der Waals surface area contributed by atoms with E-state index in [0.29, 0.717) is 18.6 Å². The van der Waals surface area contributed by atoms with Crippen LogP contribution in [0.1, 0.15) is 22.1 Å². The van der Waals surface area contributed by atoms with Gasteiger partial charge in [0, 0.05) is 0 Å². The van der Waals surface area contributed by atoms with Gasteiger partial charge in [-0.25, -0.2) is 4.39 Å². The molecule has 0 N–H and O–H groups in total. The summed E-state index contributed by atoms with van der Waals surface area (Å²) in [5.74, 6) is -0.0215. The van der Waals surface area contributed by atoms with Crippen molar-refractivity contribution in [2.24, 2.45) is 0 Å². The van der Waals surface area contributed by atoms with Crippen molar-refractivity contribution < 1.29 is 13.7 Å². The van der Waals surface area contributed by atoms with E-state index in [0.717, 1.165) is 5.56 Å². The molecule has 1 aromatic heterocycles. The topological polar surface area (TPSA) is 56.0 Å². The molecular formula is C10H7FN2O2. The highest BCUT2D eigenvalue weighted by molar-refractivity contribution is 5.68. The van der Waals surface area contributed by atoms with Crippen molar-refractivity contribution in [3.8, 4) is 0 Å². The Bertz CT molecular complexity index is 482. The third kappa shape index (κ3) is 2.25. The lowest BCUT2D eigenvalue weighted by Gasteiger charge is -1.95. The van der Waals surface area contributed by atoms with Crippen LogP contribution >= 0.6 is 0 Å². The fourth-order valence-corrected chi connectivity index (χ4v) is 1.21. The molecule has 0 unspecified atom stereocenters. The summed E-state index contributed by atoms with van der Waals surface area (Å²) < 4.78 is 17.6. The number of halogens is 1. The van der Waals surface area contributed by atoms with Crippen LogP contribution in [-0.4, -0.2) is 16.4 Å². The van der Waals surface area contributed by atoms with Gasteiger partial charge in [0.25, 0.3) is 0 Å². The van der Waals surface area contributed by atoms with E-state index in [1.54, 1.807) is 12.1 Å². The van der Waals surface area contributed by atoms with Crippen molar-refractivity contribution in [1.29, 1.82) is 0 Å². The zero-order valence-electron chi connectivity index (χ0n) is 7.68. The Morgan fingerprint density at radius 2 is 2.33 bits per heavy atom. The average Bonchev–Trinajstić information content (AvgIpc) is 2.65. The zero-order chi connectivity index (χ0) is 10.7. The van der Waals surface area contributed by atoms with Crippen LogP contribution in [0.25, 0.3) is 0 Å². The molecule has 0 bridgehead atoms. The summed E-state index contributed by atoms with van der Waals surface area (Å²) in [6.07, 6.45) is 0.817. The first-order chi connectivity index (χ1) is 7.28. The molecular weight excluding hydrogens is 199 g/mol. The molecule has 5 heteroatoms. The van der Waals surface area contributed by atoms with E-state index in [9.17, 15) is 9.18 Å². The Morgan fingerprint density at radius 1 is 1.47 bits per heavy atom. The number of benzene rings is 1. The van der Waals surface area contributed by atoms with Gasteiger partial charge in [0.2, 0.25) is 11.7 Å². The van der Waals surface area contributed by atoms with Crippen LogP contribution in [0.15, 0.2) is 28.8 Å². The molecule has 0 fully saturated rings. The number of nitrogens with zero attached hydrogens (tertiary/aromatic N) is 2. The summed E-state index contributed by atoms with van der Waals surface area (Å²) in [5, 5.41) is 3.41. The minimum absolute atomic E-state index is 0.00130. The minimum atomic E-state index is -0.317. The number of rotatable bonds is 3. The van der Waals surface area contributed by atoms with Crippen LogP contribution in [0, 0.1) is 5.82 Å². The van der Waals surface area contributed by atoms with E-state index in [2.05, 4.69) is 10.1 Å². The quantitative estimate of drug-likeness (QED) is 0.716. The first-order valence-electron chi connectivity index (χ1n) is 4.30. The molecule has 0 saturated carbocycles. The molecule has 15 heavy (non-hydrogen) atoms. The highest BCUT2D eigenvalue weighted by atomic mass is 19.1. The minimum Gasteiger partial charge on any atom is -0.339 e. The molecule has 76 valence electrons. The Morgan fingerprint density at radius 3 is 3.00 bits per heavy atom. The third-order valence-corrected chi connectivity index (χ3v) is 1.83. The van der Waals surface area contributed by atoms with Crippen LogP contribution in [-0.2, 0) is 6.42 Å². The lowest BCUT2D eigenvalue weighted by Crippen LogP contribution is -1.90. The fourth-order valence-electron chi connectivity index (χ4n) is 1.21. The number of carbonyl (C=O) groups excluding carboxylic acids is 1. The lowest BCUT2D eigenvalue weighted by molar-refractivity contribution is 0.111. The SMILES string of the molecule is O=Cc1noc(Cc2cccc(F)c2)n1. The van der Waals surface area contributed by atoms with Gasteiger partial charge in [-0.2, -0.15) is 4.98 Å². The van der Waals surface area contributed by atoms with E-state index in [1.807, 2.05) is 0 Å². The van der Waals surface area contributed by atoms with Gasteiger partial charge >= 0.3 is 0 Å². The van der Waals surface area contributed by atoms with Crippen molar-refractivity contribution in [1.82, 2.24) is 10.1 Å². The summed E-state index contributed by atoms with van der Waals surface area (Å²) in [7, 11) is 0. The highest BCUT2D eigenvalue weighted by Gasteiger charge is 2.06. The average molecular weight is 206 g/mol. The number of carbonyl (C=O) groups is 1. The van der Waals surface area contributed by atoms with E-state index >= 15 is 0 Å². The van der Waals surface area contributed by atoms with Gasteiger partial charge in [-0.05, 0) is 17.7 Å². The monoisotopic (exact) mass is 206 g/mol.